The first-order valence-corrected chi connectivity index (χ1v) is 11.8. The summed E-state index contributed by atoms with van der Waals surface area (Å²) in [5, 5.41) is 0.974. The summed E-state index contributed by atoms with van der Waals surface area (Å²) in [4.78, 5) is 27.9. The summed E-state index contributed by atoms with van der Waals surface area (Å²) < 4.78 is 4.20. The minimum absolute atomic E-state index is 0.0333. The van der Waals surface area contributed by atoms with Gasteiger partial charge in [-0.2, -0.15) is 0 Å². The fourth-order valence-electron chi connectivity index (χ4n) is 4.87. The van der Waals surface area contributed by atoms with Crippen molar-refractivity contribution in [1.29, 1.82) is 0 Å². The van der Waals surface area contributed by atoms with Crippen LogP contribution >= 0.6 is 0 Å². The largest absolute Gasteiger partial charge is 0.339 e. The molecule has 7 nitrogen and oxygen atoms in total. The van der Waals surface area contributed by atoms with Crippen molar-refractivity contribution in [2.45, 2.75) is 26.4 Å². The molecule has 5 aromatic rings. The van der Waals surface area contributed by atoms with Gasteiger partial charge in [0.25, 0.3) is 5.91 Å². The van der Waals surface area contributed by atoms with Gasteiger partial charge in [-0.25, -0.2) is 9.97 Å². The number of carbonyl (C=O) groups excluding carboxylic acids is 1. The second-order valence-corrected chi connectivity index (χ2v) is 9.32. The van der Waals surface area contributed by atoms with Gasteiger partial charge in [-0.05, 0) is 48.7 Å². The molecule has 7 heteroatoms. The first-order chi connectivity index (χ1) is 17.0. The molecular weight excluding hydrogens is 436 g/mol. The molecule has 1 aliphatic rings. The fraction of sp³-hybridized carbons (Fsp3) is 0.214. The highest BCUT2D eigenvalue weighted by atomic mass is 16.2. The van der Waals surface area contributed by atoms with Crippen molar-refractivity contribution in [2.75, 3.05) is 13.6 Å². The number of likely N-dealkylation sites (N-methyl/N-ethyl adjacent to an activating group) is 1. The fourth-order valence-corrected chi connectivity index (χ4v) is 4.87. The second kappa shape index (κ2) is 8.20. The predicted octanol–water partition coefficient (Wildman–Crippen LogP) is 5.30. The number of hydrogen-bond donors (Lipinski definition) is 0. The second-order valence-electron chi connectivity index (χ2n) is 9.32. The van der Waals surface area contributed by atoms with E-state index in [2.05, 4.69) is 63.7 Å². The van der Waals surface area contributed by atoms with Crippen LogP contribution in [0.15, 0.2) is 73.6 Å². The topological polar surface area (TPSA) is 68.8 Å². The monoisotopic (exact) mass is 462 g/mol. The molecule has 1 aliphatic heterocycles. The number of nitrogens with zero attached hydrogens (tertiary/aromatic N) is 6. The van der Waals surface area contributed by atoms with Gasteiger partial charge < -0.3 is 14.0 Å². The molecule has 0 N–H and O–H groups in total. The van der Waals surface area contributed by atoms with Gasteiger partial charge in [0.1, 0.15) is 11.3 Å². The number of carbonyl (C=O) groups is 1. The van der Waals surface area contributed by atoms with Crippen molar-refractivity contribution in [3.63, 3.8) is 0 Å². The molecule has 0 atom stereocenters. The third-order valence-electron chi connectivity index (χ3n) is 6.81. The SMILES string of the molecule is CC(C)n1cncc1-c1ccc(-c2cncc(-c3ccnc4c3cc3n4CCN(C)C3=O)c2)cc1. The van der Waals surface area contributed by atoms with E-state index in [0.29, 0.717) is 18.3 Å². The van der Waals surface area contributed by atoms with Crippen molar-refractivity contribution < 1.29 is 4.79 Å². The smallest absolute Gasteiger partial charge is 0.270 e. The molecule has 0 fully saturated rings. The summed E-state index contributed by atoms with van der Waals surface area (Å²) in [7, 11) is 1.84. The third kappa shape index (κ3) is 3.51. The van der Waals surface area contributed by atoms with E-state index in [0.717, 1.165) is 51.1 Å². The zero-order valence-corrected chi connectivity index (χ0v) is 20.0. The van der Waals surface area contributed by atoms with E-state index in [1.165, 1.54) is 0 Å². The van der Waals surface area contributed by atoms with E-state index >= 15 is 0 Å². The van der Waals surface area contributed by atoms with Crippen molar-refractivity contribution in [1.82, 2.24) is 29.0 Å². The molecule has 0 bridgehead atoms. The summed E-state index contributed by atoms with van der Waals surface area (Å²) in [5.41, 5.74) is 7.93. The lowest BCUT2D eigenvalue weighted by atomic mass is 9.99. The standard InChI is InChI=1S/C28H26N6O/c1-18(2)34-17-30-16-26(34)20-6-4-19(5-7-20)21-12-22(15-29-14-21)23-8-9-31-27-24(23)13-25-28(35)32(3)10-11-33(25)27/h4-9,12-18H,10-11H2,1-3H3. The lowest BCUT2D eigenvalue weighted by Gasteiger charge is -2.24. The van der Waals surface area contributed by atoms with Crippen LogP contribution in [-0.2, 0) is 6.54 Å². The summed E-state index contributed by atoms with van der Waals surface area (Å²) >= 11 is 0. The molecule has 174 valence electrons. The molecule has 4 aromatic heterocycles. The quantitative estimate of drug-likeness (QED) is 0.364. The summed E-state index contributed by atoms with van der Waals surface area (Å²) in [6.07, 6.45) is 9.36. The number of aromatic nitrogens is 5. The lowest BCUT2D eigenvalue weighted by molar-refractivity contribution is 0.0751. The van der Waals surface area contributed by atoms with Gasteiger partial charge in [0.15, 0.2) is 0 Å². The highest BCUT2D eigenvalue weighted by Crippen LogP contribution is 2.33. The number of benzene rings is 1. The molecule has 0 saturated carbocycles. The zero-order chi connectivity index (χ0) is 24.1. The summed E-state index contributed by atoms with van der Waals surface area (Å²) in [5.74, 6) is 0.0333. The first kappa shape index (κ1) is 21.3. The minimum Gasteiger partial charge on any atom is -0.339 e. The van der Waals surface area contributed by atoms with Crippen LogP contribution in [0.2, 0.25) is 0 Å². The van der Waals surface area contributed by atoms with Crippen LogP contribution in [0.4, 0.5) is 0 Å². The molecule has 0 spiro atoms. The number of fused-ring (bicyclic) bond motifs is 3. The Morgan fingerprint density at radius 2 is 1.60 bits per heavy atom. The van der Waals surface area contributed by atoms with Crippen LogP contribution in [0.3, 0.4) is 0 Å². The number of pyridine rings is 2. The molecule has 0 radical (unpaired) electrons. The van der Waals surface area contributed by atoms with Crippen LogP contribution in [0.25, 0.3) is 44.5 Å². The average Bonchev–Trinajstić information content (AvgIpc) is 3.52. The first-order valence-electron chi connectivity index (χ1n) is 11.8. The highest BCUT2D eigenvalue weighted by Gasteiger charge is 2.25. The Kier molecular flexibility index (Phi) is 4.99. The maximum Gasteiger partial charge on any atom is 0.270 e. The minimum atomic E-state index is 0.0333. The Morgan fingerprint density at radius 1 is 0.829 bits per heavy atom. The van der Waals surface area contributed by atoms with Crippen molar-refractivity contribution in [2.24, 2.45) is 0 Å². The van der Waals surface area contributed by atoms with Gasteiger partial charge in [0.2, 0.25) is 0 Å². The Morgan fingerprint density at radius 3 is 2.40 bits per heavy atom. The molecule has 5 heterocycles. The molecular formula is C28H26N6O. The van der Waals surface area contributed by atoms with Gasteiger partial charge in [-0.3, -0.25) is 9.78 Å². The van der Waals surface area contributed by atoms with Crippen molar-refractivity contribution in [3.8, 4) is 33.5 Å². The van der Waals surface area contributed by atoms with E-state index in [-0.39, 0.29) is 5.91 Å². The number of imidazole rings is 1. The Balaban J connectivity index is 1.38. The molecule has 0 saturated heterocycles. The maximum atomic E-state index is 12.7. The van der Waals surface area contributed by atoms with E-state index in [1.54, 1.807) is 4.90 Å². The van der Waals surface area contributed by atoms with E-state index in [4.69, 9.17) is 0 Å². The maximum absolute atomic E-state index is 12.7. The molecule has 6 rings (SSSR count). The molecule has 1 amide bonds. The Labute approximate surface area is 203 Å². The summed E-state index contributed by atoms with van der Waals surface area (Å²) in [6, 6.07) is 15.0. The van der Waals surface area contributed by atoms with Crippen LogP contribution in [0.5, 0.6) is 0 Å². The van der Waals surface area contributed by atoms with Crippen molar-refractivity contribution in [3.05, 3.63) is 79.3 Å². The molecule has 0 unspecified atom stereocenters. The highest BCUT2D eigenvalue weighted by molar-refractivity contribution is 6.03. The van der Waals surface area contributed by atoms with E-state index < -0.39 is 0 Å². The van der Waals surface area contributed by atoms with Crippen LogP contribution < -0.4 is 0 Å². The number of hydrogen-bond acceptors (Lipinski definition) is 4. The molecule has 35 heavy (non-hydrogen) atoms. The van der Waals surface area contributed by atoms with Gasteiger partial charge in [0, 0.05) is 61.3 Å². The van der Waals surface area contributed by atoms with Gasteiger partial charge in [-0.1, -0.05) is 24.3 Å². The van der Waals surface area contributed by atoms with Gasteiger partial charge in [0.05, 0.1) is 18.2 Å². The van der Waals surface area contributed by atoms with Gasteiger partial charge in [-0.15, -0.1) is 0 Å². The normalized spacial score (nSPS) is 13.6. The molecule has 1 aromatic carbocycles. The summed E-state index contributed by atoms with van der Waals surface area (Å²) in [6.45, 7) is 5.75. The van der Waals surface area contributed by atoms with Crippen LogP contribution in [0.1, 0.15) is 30.4 Å². The molecule has 0 aliphatic carbocycles. The van der Waals surface area contributed by atoms with Gasteiger partial charge >= 0.3 is 0 Å². The van der Waals surface area contributed by atoms with Crippen molar-refractivity contribution >= 4 is 16.9 Å². The predicted molar refractivity (Wildman–Crippen MR) is 137 cm³/mol. The number of rotatable bonds is 4. The number of amides is 1. The van der Waals surface area contributed by atoms with E-state index in [9.17, 15) is 4.79 Å². The third-order valence-corrected chi connectivity index (χ3v) is 6.81. The average molecular weight is 463 g/mol. The Bertz CT molecular complexity index is 1560. The van der Waals surface area contributed by atoms with E-state index in [1.807, 2.05) is 54.9 Å². The van der Waals surface area contributed by atoms with Crippen LogP contribution in [-0.4, -0.2) is 48.5 Å². The van der Waals surface area contributed by atoms with Crippen LogP contribution in [0, 0.1) is 0 Å². The lowest BCUT2D eigenvalue weighted by Crippen LogP contribution is -2.36. The Hall–Kier alpha value is -4.26. The zero-order valence-electron chi connectivity index (χ0n) is 20.0.